The van der Waals surface area contributed by atoms with Gasteiger partial charge in [0.1, 0.15) is 6.04 Å². The molecule has 2 aromatic carbocycles. The van der Waals surface area contributed by atoms with E-state index in [0.717, 1.165) is 5.56 Å². The SMILES string of the molecule is COC(=O)C(Cc1ccccc1)NC(=O)C(N)CC(=O)O.O=C(O)c1ccccc1. The fourth-order valence-corrected chi connectivity index (χ4v) is 2.33. The number of nitrogens with one attached hydrogen (secondary N) is 1. The molecule has 0 saturated heterocycles. The first-order valence-electron chi connectivity index (χ1n) is 8.92. The third-order valence-electron chi connectivity index (χ3n) is 3.84. The molecule has 0 aliphatic rings. The first-order valence-corrected chi connectivity index (χ1v) is 8.92. The van der Waals surface area contributed by atoms with Gasteiger partial charge >= 0.3 is 17.9 Å². The average molecular weight is 416 g/mol. The third-order valence-corrected chi connectivity index (χ3v) is 3.84. The first kappa shape index (κ1) is 24.3. The molecule has 5 N–H and O–H groups in total. The first-order chi connectivity index (χ1) is 14.2. The molecule has 2 atom stereocenters. The largest absolute Gasteiger partial charge is 0.481 e. The van der Waals surface area contributed by atoms with Gasteiger partial charge in [-0.25, -0.2) is 9.59 Å². The summed E-state index contributed by atoms with van der Waals surface area (Å²) in [5.74, 6) is -3.38. The van der Waals surface area contributed by atoms with Gasteiger partial charge in [-0.2, -0.15) is 0 Å². The molecule has 0 radical (unpaired) electrons. The van der Waals surface area contributed by atoms with Gasteiger partial charge in [0, 0.05) is 6.42 Å². The standard InChI is InChI=1S/C14H18N2O5.C7H6O2/c1-21-14(20)11(7-9-5-3-2-4-6-9)16-13(19)10(15)8-12(17)18;8-7(9)6-4-2-1-3-5-6/h2-6,10-11H,7-8,15H2,1H3,(H,16,19)(H,17,18);1-5H,(H,8,9). The molecule has 0 bridgehead atoms. The van der Waals surface area contributed by atoms with Gasteiger partial charge in [0.05, 0.1) is 25.1 Å². The number of rotatable bonds is 8. The van der Waals surface area contributed by atoms with Crippen molar-refractivity contribution in [1.82, 2.24) is 5.32 Å². The van der Waals surface area contributed by atoms with Crippen molar-refractivity contribution in [2.45, 2.75) is 24.9 Å². The Kier molecular flexibility index (Phi) is 10.3. The van der Waals surface area contributed by atoms with Gasteiger partial charge < -0.3 is 26.0 Å². The lowest BCUT2D eigenvalue weighted by atomic mass is 10.1. The van der Waals surface area contributed by atoms with Gasteiger partial charge in [0.25, 0.3) is 0 Å². The lowest BCUT2D eigenvalue weighted by molar-refractivity contribution is -0.145. The minimum Gasteiger partial charge on any atom is -0.481 e. The Labute approximate surface area is 173 Å². The fourth-order valence-electron chi connectivity index (χ4n) is 2.33. The molecule has 0 saturated carbocycles. The predicted molar refractivity (Wildman–Crippen MR) is 108 cm³/mol. The van der Waals surface area contributed by atoms with Gasteiger partial charge in [-0.3, -0.25) is 9.59 Å². The molecule has 30 heavy (non-hydrogen) atoms. The number of hydrogen-bond donors (Lipinski definition) is 4. The van der Waals surface area contributed by atoms with Gasteiger partial charge in [-0.15, -0.1) is 0 Å². The van der Waals surface area contributed by atoms with E-state index in [9.17, 15) is 19.2 Å². The maximum absolute atomic E-state index is 11.8. The van der Waals surface area contributed by atoms with Crippen molar-refractivity contribution < 1.29 is 34.1 Å². The Bertz CT molecular complexity index is 841. The zero-order chi connectivity index (χ0) is 22.5. The normalized spacial score (nSPS) is 11.8. The Balaban J connectivity index is 0.000000414. The third kappa shape index (κ3) is 8.98. The van der Waals surface area contributed by atoms with E-state index in [1.807, 2.05) is 18.2 Å². The van der Waals surface area contributed by atoms with Crippen LogP contribution in [0.15, 0.2) is 60.7 Å². The molecule has 0 spiro atoms. The number of amides is 1. The maximum atomic E-state index is 11.8. The van der Waals surface area contributed by atoms with E-state index < -0.39 is 42.3 Å². The van der Waals surface area contributed by atoms with Crippen LogP contribution in [0.2, 0.25) is 0 Å². The molecule has 9 nitrogen and oxygen atoms in total. The summed E-state index contributed by atoms with van der Waals surface area (Å²) in [6.07, 6.45) is -0.274. The second-order valence-corrected chi connectivity index (χ2v) is 6.15. The Morgan fingerprint density at radius 2 is 1.50 bits per heavy atom. The van der Waals surface area contributed by atoms with Crippen molar-refractivity contribution in [3.63, 3.8) is 0 Å². The van der Waals surface area contributed by atoms with Crippen LogP contribution in [0.3, 0.4) is 0 Å². The number of benzene rings is 2. The van der Waals surface area contributed by atoms with Crippen LogP contribution in [0.25, 0.3) is 0 Å². The number of carbonyl (C=O) groups excluding carboxylic acids is 2. The topological polar surface area (TPSA) is 156 Å². The number of aliphatic carboxylic acids is 1. The molecule has 0 fully saturated rings. The summed E-state index contributed by atoms with van der Waals surface area (Å²) in [7, 11) is 1.21. The minimum atomic E-state index is -1.22. The molecule has 160 valence electrons. The van der Waals surface area contributed by atoms with E-state index in [2.05, 4.69) is 10.1 Å². The Morgan fingerprint density at radius 3 is 1.93 bits per heavy atom. The number of nitrogens with two attached hydrogens (primary N) is 1. The van der Waals surface area contributed by atoms with Crippen molar-refractivity contribution in [1.29, 1.82) is 0 Å². The number of carbonyl (C=O) groups is 4. The van der Waals surface area contributed by atoms with Crippen molar-refractivity contribution in [3.05, 3.63) is 71.8 Å². The van der Waals surface area contributed by atoms with E-state index in [1.165, 1.54) is 7.11 Å². The van der Waals surface area contributed by atoms with Gasteiger partial charge in [-0.05, 0) is 17.7 Å². The number of ether oxygens (including phenoxy) is 1. The van der Waals surface area contributed by atoms with Gasteiger partial charge in [0.15, 0.2) is 0 Å². The molecule has 0 aromatic heterocycles. The van der Waals surface area contributed by atoms with Gasteiger partial charge in [0.2, 0.25) is 5.91 Å². The molecule has 0 aliphatic heterocycles. The second kappa shape index (κ2) is 12.7. The molecule has 0 aliphatic carbocycles. The molecular formula is C21H24N2O7. The maximum Gasteiger partial charge on any atom is 0.335 e. The van der Waals surface area contributed by atoms with E-state index in [4.69, 9.17) is 15.9 Å². The Hall–Kier alpha value is -3.72. The van der Waals surface area contributed by atoms with Crippen LogP contribution in [0, 0.1) is 0 Å². The summed E-state index contributed by atoms with van der Waals surface area (Å²) in [6, 6.07) is 15.2. The van der Waals surface area contributed by atoms with Gasteiger partial charge in [-0.1, -0.05) is 48.5 Å². The highest BCUT2D eigenvalue weighted by Gasteiger charge is 2.25. The molecule has 1 amide bonds. The van der Waals surface area contributed by atoms with Crippen molar-refractivity contribution >= 4 is 23.8 Å². The van der Waals surface area contributed by atoms with Crippen LogP contribution < -0.4 is 11.1 Å². The summed E-state index contributed by atoms with van der Waals surface area (Å²) >= 11 is 0. The van der Waals surface area contributed by atoms with Crippen LogP contribution in [0.1, 0.15) is 22.3 Å². The summed E-state index contributed by atoms with van der Waals surface area (Å²) in [6.45, 7) is 0. The van der Waals surface area contributed by atoms with Crippen molar-refractivity contribution in [3.8, 4) is 0 Å². The zero-order valence-electron chi connectivity index (χ0n) is 16.4. The lowest BCUT2D eigenvalue weighted by Gasteiger charge is -2.18. The van der Waals surface area contributed by atoms with E-state index in [1.54, 1.807) is 42.5 Å². The highest BCUT2D eigenvalue weighted by molar-refractivity contribution is 5.90. The number of carboxylic acids is 2. The highest BCUT2D eigenvalue weighted by atomic mass is 16.5. The summed E-state index contributed by atoms with van der Waals surface area (Å²) in [5.41, 5.74) is 6.62. The lowest BCUT2D eigenvalue weighted by Crippen LogP contribution is -2.50. The highest BCUT2D eigenvalue weighted by Crippen LogP contribution is 2.05. The number of carboxylic acid groups (broad SMARTS) is 2. The zero-order valence-corrected chi connectivity index (χ0v) is 16.4. The smallest absolute Gasteiger partial charge is 0.335 e. The quantitative estimate of drug-likeness (QED) is 0.466. The predicted octanol–water partition coefficient (Wildman–Crippen LogP) is 1.07. The van der Waals surface area contributed by atoms with Crippen molar-refractivity contribution in [2.75, 3.05) is 7.11 Å². The molecule has 2 aromatic rings. The number of methoxy groups -OCH3 is 1. The monoisotopic (exact) mass is 416 g/mol. The fraction of sp³-hybridized carbons (Fsp3) is 0.238. The van der Waals surface area contributed by atoms with Crippen LogP contribution in [0.5, 0.6) is 0 Å². The number of esters is 1. The molecule has 2 rings (SSSR count). The molecule has 2 unspecified atom stereocenters. The number of aromatic carboxylic acids is 1. The minimum absolute atomic E-state index is 0.235. The average Bonchev–Trinajstić information content (AvgIpc) is 2.74. The van der Waals surface area contributed by atoms with Crippen molar-refractivity contribution in [2.24, 2.45) is 5.73 Å². The van der Waals surface area contributed by atoms with E-state index in [-0.39, 0.29) is 6.42 Å². The van der Waals surface area contributed by atoms with Crippen LogP contribution in [-0.4, -0.2) is 53.2 Å². The Morgan fingerprint density at radius 1 is 0.967 bits per heavy atom. The second-order valence-electron chi connectivity index (χ2n) is 6.15. The van der Waals surface area contributed by atoms with E-state index in [0.29, 0.717) is 5.56 Å². The molecule has 0 heterocycles. The molecule has 9 heteroatoms. The number of hydrogen-bond acceptors (Lipinski definition) is 6. The van der Waals surface area contributed by atoms with Crippen LogP contribution in [0.4, 0.5) is 0 Å². The van der Waals surface area contributed by atoms with E-state index >= 15 is 0 Å². The summed E-state index contributed by atoms with van der Waals surface area (Å²) in [5, 5.41) is 19.4. The van der Waals surface area contributed by atoms with Crippen LogP contribution in [-0.2, 0) is 25.5 Å². The van der Waals surface area contributed by atoms with Crippen LogP contribution >= 0.6 is 0 Å². The molecular weight excluding hydrogens is 392 g/mol. The summed E-state index contributed by atoms with van der Waals surface area (Å²) in [4.78, 5) is 44.2. The summed E-state index contributed by atoms with van der Waals surface area (Å²) < 4.78 is 4.64.